The molecular formula is C15H20ClNO3S. The Bertz CT molecular complexity index is 645. The van der Waals surface area contributed by atoms with Crippen molar-refractivity contribution in [1.29, 1.82) is 0 Å². The molecule has 1 aromatic carbocycles. The Hall–Kier alpha value is -0.780. The highest BCUT2D eigenvalue weighted by molar-refractivity contribution is 7.91. The molecule has 2 aliphatic heterocycles. The van der Waals surface area contributed by atoms with Crippen LogP contribution in [0.5, 0.6) is 5.75 Å². The summed E-state index contributed by atoms with van der Waals surface area (Å²) in [5, 5.41) is 4.00. The van der Waals surface area contributed by atoms with Crippen LogP contribution in [-0.4, -0.2) is 39.6 Å². The van der Waals surface area contributed by atoms with E-state index in [2.05, 4.69) is 5.32 Å². The molecule has 2 unspecified atom stereocenters. The predicted octanol–water partition coefficient (Wildman–Crippen LogP) is 1.84. The second-order valence-electron chi connectivity index (χ2n) is 5.91. The van der Waals surface area contributed by atoms with Crippen molar-refractivity contribution >= 4 is 21.4 Å². The first-order valence-corrected chi connectivity index (χ1v) is 9.50. The fourth-order valence-electron chi connectivity index (χ4n) is 3.38. The lowest BCUT2D eigenvalue weighted by molar-refractivity contribution is 0.346. The van der Waals surface area contributed by atoms with Crippen molar-refractivity contribution in [2.24, 2.45) is 5.92 Å². The summed E-state index contributed by atoms with van der Waals surface area (Å²) in [5.41, 5.74) is 2.24. The summed E-state index contributed by atoms with van der Waals surface area (Å²) in [4.78, 5) is 0. The van der Waals surface area contributed by atoms with Gasteiger partial charge in [0.05, 0.1) is 18.1 Å². The Morgan fingerprint density at radius 1 is 1.48 bits per heavy atom. The summed E-state index contributed by atoms with van der Waals surface area (Å²) >= 11 is 6.19. The zero-order valence-corrected chi connectivity index (χ0v) is 13.6. The third kappa shape index (κ3) is 3.20. The van der Waals surface area contributed by atoms with Crippen molar-refractivity contribution in [3.63, 3.8) is 0 Å². The van der Waals surface area contributed by atoms with Gasteiger partial charge in [0, 0.05) is 17.5 Å². The van der Waals surface area contributed by atoms with Crippen LogP contribution in [0.25, 0.3) is 0 Å². The number of sulfone groups is 1. The number of hydrogen-bond acceptors (Lipinski definition) is 4. The number of benzene rings is 1. The normalized spacial score (nSPS) is 24.6. The number of halogens is 1. The van der Waals surface area contributed by atoms with Gasteiger partial charge in [-0.25, -0.2) is 8.42 Å². The van der Waals surface area contributed by atoms with Gasteiger partial charge in [-0.1, -0.05) is 11.6 Å². The second kappa shape index (κ2) is 5.78. The topological polar surface area (TPSA) is 55.4 Å². The van der Waals surface area contributed by atoms with Crippen molar-refractivity contribution in [2.45, 2.75) is 25.3 Å². The average molecular weight is 330 g/mol. The van der Waals surface area contributed by atoms with Crippen molar-refractivity contribution in [3.8, 4) is 5.75 Å². The van der Waals surface area contributed by atoms with Crippen molar-refractivity contribution in [3.05, 3.63) is 28.3 Å². The number of rotatable bonds is 4. The first-order chi connectivity index (χ1) is 9.98. The van der Waals surface area contributed by atoms with Gasteiger partial charge in [-0.05, 0) is 49.1 Å². The van der Waals surface area contributed by atoms with E-state index in [0.29, 0.717) is 12.4 Å². The molecule has 21 heavy (non-hydrogen) atoms. The van der Waals surface area contributed by atoms with Crippen LogP contribution in [0, 0.1) is 5.92 Å². The van der Waals surface area contributed by atoms with Crippen molar-refractivity contribution < 1.29 is 13.2 Å². The molecule has 1 saturated heterocycles. The van der Waals surface area contributed by atoms with E-state index in [1.807, 2.05) is 19.2 Å². The van der Waals surface area contributed by atoms with Crippen LogP contribution in [0.1, 0.15) is 17.5 Å². The quantitative estimate of drug-likeness (QED) is 0.916. The number of fused-ring (bicyclic) bond motifs is 1. The third-order valence-corrected chi connectivity index (χ3v) is 6.48. The summed E-state index contributed by atoms with van der Waals surface area (Å²) in [6.07, 6.45) is 2.38. The van der Waals surface area contributed by atoms with Gasteiger partial charge in [0.25, 0.3) is 0 Å². The van der Waals surface area contributed by atoms with Crippen LogP contribution < -0.4 is 10.1 Å². The molecule has 0 amide bonds. The second-order valence-corrected chi connectivity index (χ2v) is 8.58. The predicted molar refractivity (Wildman–Crippen MR) is 84.0 cm³/mol. The molecule has 1 fully saturated rings. The number of hydrogen-bond donors (Lipinski definition) is 1. The van der Waals surface area contributed by atoms with Crippen LogP contribution in [0.3, 0.4) is 0 Å². The summed E-state index contributed by atoms with van der Waals surface area (Å²) < 4.78 is 29.1. The van der Waals surface area contributed by atoms with Gasteiger partial charge in [-0.2, -0.15) is 0 Å². The fourth-order valence-corrected chi connectivity index (χ4v) is 5.52. The zero-order valence-electron chi connectivity index (χ0n) is 12.1. The number of ether oxygens (including phenoxy) is 1. The fraction of sp³-hybridized carbons (Fsp3) is 0.600. The van der Waals surface area contributed by atoms with Gasteiger partial charge in [0.2, 0.25) is 0 Å². The molecule has 2 heterocycles. The first kappa shape index (κ1) is 15.1. The van der Waals surface area contributed by atoms with Crippen LogP contribution in [0.2, 0.25) is 5.02 Å². The van der Waals surface area contributed by atoms with E-state index in [-0.39, 0.29) is 17.7 Å². The SMILES string of the molecule is CNC(Cc1cc(Cl)cc2c1OCC2)C1CCS(=O)(=O)C1. The molecule has 1 aromatic rings. The molecule has 0 aromatic heterocycles. The lowest BCUT2D eigenvalue weighted by Gasteiger charge is -2.23. The molecule has 0 saturated carbocycles. The highest BCUT2D eigenvalue weighted by Gasteiger charge is 2.33. The van der Waals surface area contributed by atoms with Gasteiger partial charge < -0.3 is 10.1 Å². The Balaban J connectivity index is 1.82. The summed E-state index contributed by atoms with van der Waals surface area (Å²) in [7, 11) is -0.970. The number of likely N-dealkylation sites (N-methyl/N-ethyl adjacent to an activating group) is 1. The molecule has 116 valence electrons. The monoisotopic (exact) mass is 329 g/mol. The molecule has 0 bridgehead atoms. The highest BCUT2D eigenvalue weighted by atomic mass is 35.5. The maximum absolute atomic E-state index is 11.7. The third-order valence-electron chi connectivity index (χ3n) is 4.47. The molecule has 0 aliphatic carbocycles. The van der Waals surface area contributed by atoms with Crippen molar-refractivity contribution in [1.82, 2.24) is 5.32 Å². The van der Waals surface area contributed by atoms with Gasteiger partial charge >= 0.3 is 0 Å². The number of nitrogens with one attached hydrogen (secondary N) is 1. The van der Waals surface area contributed by atoms with E-state index in [0.717, 1.165) is 41.2 Å². The van der Waals surface area contributed by atoms with E-state index >= 15 is 0 Å². The lowest BCUT2D eigenvalue weighted by atomic mass is 9.92. The van der Waals surface area contributed by atoms with E-state index in [1.165, 1.54) is 0 Å². The maximum atomic E-state index is 11.7. The summed E-state index contributed by atoms with van der Waals surface area (Å²) in [5.74, 6) is 1.69. The van der Waals surface area contributed by atoms with E-state index < -0.39 is 9.84 Å². The minimum absolute atomic E-state index is 0.133. The molecule has 1 N–H and O–H groups in total. The average Bonchev–Trinajstić information content (AvgIpc) is 3.01. The van der Waals surface area contributed by atoms with E-state index in [4.69, 9.17) is 16.3 Å². The maximum Gasteiger partial charge on any atom is 0.150 e. The molecule has 3 rings (SSSR count). The van der Waals surface area contributed by atoms with Crippen LogP contribution in [0.15, 0.2) is 12.1 Å². The lowest BCUT2D eigenvalue weighted by Crippen LogP contribution is -2.36. The summed E-state index contributed by atoms with van der Waals surface area (Å²) in [6.45, 7) is 0.699. The van der Waals surface area contributed by atoms with E-state index in [9.17, 15) is 8.42 Å². The van der Waals surface area contributed by atoms with Gasteiger partial charge in [0.15, 0.2) is 9.84 Å². The van der Waals surface area contributed by atoms with Gasteiger partial charge in [-0.3, -0.25) is 0 Å². The Morgan fingerprint density at radius 3 is 2.95 bits per heavy atom. The molecule has 0 radical (unpaired) electrons. The molecular weight excluding hydrogens is 310 g/mol. The van der Waals surface area contributed by atoms with Gasteiger partial charge in [0.1, 0.15) is 5.75 Å². The zero-order chi connectivity index (χ0) is 15.0. The Labute approximate surface area is 130 Å². The Kier molecular flexibility index (Phi) is 4.17. The van der Waals surface area contributed by atoms with E-state index in [1.54, 1.807) is 0 Å². The van der Waals surface area contributed by atoms with Crippen LogP contribution in [0.4, 0.5) is 0 Å². The smallest absolute Gasteiger partial charge is 0.150 e. The minimum Gasteiger partial charge on any atom is -0.493 e. The molecule has 2 atom stereocenters. The minimum atomic E-state index is -2.86. The molecule has 4 nitrogen and oxygen atoms in total. The van der Waals surface area contributed by atoms with Crippen LogP contribution >= 0.6 is 11.6 Å². The summed E-state index contributed by atoms with van der Waals surface area (Å²) in [6, 6.07) is 4.04. The van der Waals surface area contributed by atoms with Crippen LogP contribution in [-0.2, 0) is 22.7 Å². The standard InChI is InChI=1S/C15H20ClNO3S/c1-17-14(11-3-5-21(18,19)9-11)8-12-7-13(16)6-10-2-4-20-15(10)12/h6-7,11,14,17H,2-5,8-9H2,1H3. The highest BCUT2D eigenvalue weighted by Crippen LogP contribution is 2.35. The first-order valence-electron chi connectivity index (χ1n) is 7.30. The molecule has 0 spiro atoms. The molecule has 2 aliphatic rings. The largest absolute Gasteiger partial charge is 0.493 e. The van der Waals surface area contributed by atoms with Crippen molar-refractivity contribution in [2.75, 3.05) is 25.2 Å². The Morgan fingerprint density at radius 2 is 2.29 bits per heavy atom. The van der Waals surface area contributed by atoms with Gasteiger partial charge in [-0.15, -0.1) is 0 Å². The molecule has 6 heteroatoms.